The monoisotopic (exact) mass is 314 g/mol. The fourth-order valence-corrected chi connectivity index (χ4v) is 3.06. The molecule has 0 aliphatic rings. The van der Waals surface area contributed by atoms with Crippen molar-refractivity contribution in [2.75, 3.05) is 0 Å². The van der Waals surface area contributed by atoms with Crippen molar-refractivity contribution in [2.24, 2.45) is 0 Å². The predicted octanol–water partition coefficient (Wildman–Crippen LogP) is 4.68. The molecule has 2 aromatic heterocycles. The van der Waals surface area contributed by atoms with Crippen LogP contribution in [0.3, 0.4) is 0 Å². The summed E-state index contributed by atoms with van der Waals surface area (Å²) in [5, 5.41) is 2.08. The van der Waals surface area contributed by atoms with E-state index in [1.54, 1.807) is 11.3 Å². The Morgan fingerprint density at radius 1 is 1.37 bits per heavy atom. The average molecular weight is 315 g/mol. The lowest BCUT2D eigenvalue weighted by Gasteiger charge is -2.06. The highest BCUT2D eigenvalue weighted by Crippen LogP contribution is 2.26. The van der Waals surface area contributed by atoms with E-state index in [0.717, 1.165) is 0 Å². The summed E-state index contributed by atoms with van der Waals surface area (Å²) in [6, 6.07) is 6.96. The highest BCUT2D eigenvalue weighted by molar-refractivity contribution is 7.09. The topological polar surface area (TPSA) is 17.8 Å². The number of thiophene rings is 1. The number of halogens is 3. The summed E-state index contributed by atoms with van der Waals surface area (Å²) >= 11 is 13.3. The van der Waals surface area contributed by atoms with Gasteiger partial charge in [0.2, 0.25) is 0 Å². The first-order valence-electron chi connectivity index (χ1n) is 5.61. The highest BCUT2D eigenvalue weighted by Gasteiger charge is 2.13. The van der Waals surface area contributed by atoms with Crippen molar-refractivity contribution in [1.29, 1.82) is 0 Å². The second-order valence-electron chi connectivity index (χ2n) is 4.08. The Morgan fingerprint density at radius 3 is 2.89 bits per heavy atom. The van der Waals surface area contributed by atoms with Gasteiger partial charge in [0.25, 0.3) is 0 Å². The number of alkyl halides is 1. The SMILES string of the molecule is Fc1cc2c(cc1Cl)nc(CCl)n2Cc1cccs1. The van der Waals surface area contributed by atoms with Gasteiger partial charge in [-0.25, -0.2) is 9.37 Å². The molecule has 0 saturated heterocycles. The number of fused-ring (bicyclic) bond motifs is 1. The smallest absolute Gasteiger partial charge is 0.144 e. The van der Waals surface area contributed by atoms with Gasteiger partial charge in [0.05, 0.1) is 28.5 Å². The molecule has 0 fully saturated rings. The van der Waals surface area contributed by atoms with Gasteiger partial charge in [-0.15, -0.1) is 22.9 Å². The molecule has 3 aromatic rings. The van der Waals surface area contributed by atoms with Gasteiger partial charge in [0.15, 0.2) is 0 Å². The predicted molar refractivity (Wildman–Crippen MR) is 77.7 cm³/mol. The molecule has 0 bridgehead atoms. The first kappa shape index (κ1) is 12.9. The van der Waals surface area contributed by atoms with Gasteiger partial charge in [-0.3, -0.25) is 0 Å². The Labute approximate surface area is 123 Å². The van der Waals surface area contributed by atoms with Crippen molar-refractivity contribution in [3.63, 3.8) is 0 Å². The maximum Gasteiger partial charge on any atom is 0.144 e. The molecule has 1 aromatic carbocycles. The lowest BCUT2D eigenvalue weighted by Crippen LogP contribution is -2.02. The molecule has 19 heavy (non-hydrogen) atoms. The Kier molecular flexibility index (Phi) is 3.48. The molecule has 0 radical (unpaired) electrons. The third kappa shape index (κ3) is 2.36. The van der Waals surface area contributed by atoms with E-state index in [1.807, 2.05) is 22.1 Å². The van der Waals surface area contributed by atoms with Gasteiger partial charge in [-0.05, 0) is 17.5 Å². The van der Waals surface area contributed by atoms with Gasteiger partial charge < -0.3 is 4.57 Å². The van der Waals surface area contributed by atoms with Crippen LogP contribution in [0.2, 0.25) is 5.02 Å². The molecule has 0 unspecified atom stereocenters. The van der Waals surface area contributed by atoms with Crippen LogP contribution < -0.4 is 0 Å². The molecule has 0 aliphatic heterocycles. The van der Waals surface area contributed by atoms with Crippen LogP contribution in [0.5, 0.6) is 0 Å². The maximum atomic E-state index is 13.6. The summed E-state index contributed by atoms with van der Waals surface area (Å²) < 4.78 is 15.5. The second kappa shape index (κ2) is 5.12. The molecule has 0 amide bonds. The maximum absolute atomic E-state index is 13.6. The zero-order chi connectivity index (χ0) is 13.4. The number of rotatable bonds is 3. The first-order chi connectivity index (χ1) is 9.19. The zero-order valence-corrected chi connectivity index (χ0v) is 12.1. The molecular weight excluding hydrogens is 306 g/mol. The lowest BCUT2D eigenvalue weighted by molar-refractivity contribution is 0.628. The van der Waals surface area contributed by atoms with E-state index < -0.39 is 5.82 Å². The van der Waals surface area contributed by atoms with E-state index in [0.29, 0.717) is 23.4 Å². The molecule has 2 heterocycles. The molecule has 2 nitrogen and oxygen atoms in total. The fraction of sp³-hybridized carbons (Fsp3) is 0.154. The van der Waals surface area contributed by atoms with E-state index in [-0.39, 0.29) is 10.9 Å². The molecule has 98 valence electrons. The second-order valence-corrected chi connectivity index (χ2v) is 5.79. The number of benzene rings is 1. The van der Waals surface area contributed by atoms with Gasteiger partial charge >= 0.3 is 0 Å². The Bertz CT molecular complexity index is 722. The molecule has 0 atom stereocenters. The molecule has 0 spiro atoms. The van der Waals surface area contributed by atoms with Crippen LogP contribution in [0, 0.1) is 5.82 Å². The standard InChI is InChI=1S/C13H9Cl2FN2S/c14-6-13-17-11-4-9(15)10(16)5-12(11)18(13)7-8-2-1-3-19-8/h1-5H,6-7H2. The number of imidazole rings is 1. The summed E-state index contributed by atoms with van der Waals surface area (Å²) in [5.74, 6) is 0.550. The third-order valence-corrected chi connectivity index (χ3v) is 4.27. The molecule has 3 rings (SSSR count). The lowest BCUT2D eigenvalue weighted by atomic mass is 10.3. The number of aromatic nitrogens is 2. The Morgan fingerprint density at radius 2 is 2.21 bits per heavy atom. The van der Waals surface area contributed by atoms with Crippen LogP contribution in [-0.4, -0.2) is 9.55 Å². The van der Waals surface area contributed by atoms with E-state index in [1.165, 1.54) is 17.0 Å². The fourth-order valence-electron chi connectivity index (χ4n) is 2.01. The van der Waals surface area contributed by atoms with Gasteiger partial charge in [-0.2, -0.15) is 0 Å². The summed E-state index contributed by atoms with van der Waals surface area (Å²) in [4.78, 5) is 5.57. The third-order valence-electron chi connectivity index (χ3n) is 2.88. The summed E-state index contributed by atoms with van der Waals surface area (Å²) in [7, 11) is 0. The number of nitrogens with zero attached hydrogens (tertiary/aromatic N) is 2. The van der Waals surface area contributed by atoms with E-state index >= 15 is 0 Å². The molecule has 0 N–H and O–H groups in total. The summed E-state index contributed by atoms with van der Waals surface area (Å²) in [6.45, 7) is 0.636. The minimum absolute atomic E-state index is 0.0781. The molecule has 0 saturated carbocycles. The average Bonchev–Trinajstić information content (AvgIpc) is 3.00. The van der Waals surface area contributed by atoms with Crippen molar-refractivity contribution in [3.8, 4) is 0 Å². The zero-order valence-electron chi connectivity index (χ0n) is 9.74. The minimum atomic E-state index is -0.442. The van der Waals surface area contributed by atoms with Crippen LogP contribution in [0.4, 0.5) is 4.39 Å². The Balaban J connectivity index is 2.17. The first-order valence-corrected chi connectivity index (χ1v) is 7.40. The highest BCUT2D eigenvalue weighted by atomic mass is 35.5. The van der Waals surface area contributed by atoms with Gasteiger partial charge in [0, 0.05) is 10.9 Å². The van der Waals surface area contributed by atoms with Crippen molar-refractivity contribution in [1.82, 2.24) is 9.55 Å². The summed E-state index contributed by atoms with van der Waals surface area (Å²) in [6.07, 6.45) is 0. The van der Waals surface area contributed by atoms with Crippen LogP contribution in [-0.2, 0) is 12.4 Å². The van der Waals surface area contributed by atoms with Gasteiger partial charge in [-0.1, -0.05) is 17.7 Å². The van der Waals surface area contributed by atoms with Crippen molar-refractivity contribution in [2.45, 2.75) is 12.4 Å². The van der Waals surface area contributed by atoms with E-state index in [4.69, 9.17) is 23.2 Å². The van der Waals surface area contributed by atoms with Gasteiger partial charge in [0.1, 0.15) is 11.6 Å². The Hall–Kier alpha value is -1.10. The number of hydrogen-bond donors (Lipinski definition) is 0. The van der Waals surface area contributed by atoms with Crippen LogP contribution in [0.1, 0.15) is 10.7 Å². The largest absolute Gasteiger partial charge is 0.322 e. The van der Waals surface area contributed by atoms with E-state index in [9.17, 15) is 4.39 Å². The summed E-state index contributed by atoms with van der Waals surface area (Å²) in [5.41, 5.74) is 1.38. The van der Waals surface area contributed by atoms with Crippen molar-refractivity contribution < 1.29 is 4.39 Å². The molecule has 0 aliphatic carbocycles. The normalized spacial score (nSPS) is 11.3. The van der Waals surface area contributed by atoms with Crippen LogP contribution >= 0.6 is 34.5 Å². The van der Waals surface area contributed by atoms with Crippen molar-refractivity contribution >= 4 is 45.6 Å². The minimum Gasteiger partial charge on any atom is -0.322 e. The van der Waals surface area contributed by atoms with Crippen molar-refractivity contribution in [3.05, 3.63) is 51.2 Å². The van der Waals surface area contributed by atoms with Crippen LogP contribution in [0.25, 0.3) is 11.0 Å². The van der Waals surface area contributed by atoms with E-state index in [2.05, 4.69) is 4.98 Å². The quantitative estimate of drug-likeness (QED) is 0.642. The molecule has 6 heteroatoms. The number of hydrogen-bond acceptors (Lipinski definition) is 2. The molecular formula is C13H9Cl2FN2S. The van der Waals surface area contributed by atoms with Crippen LogP contribution in [0.15, 0.2) is 29.6 Å².